The molecule has 8 heteroatoms. The zero-order valence-electron chi connectivity index (χ0n) is 24.2. The van der Waals surface area contributed by atoms with E-state index in [-0.39, 0.29) is 0 Å². The molecule has 2 aromatic carbocycles. The fraction of sp³-hybridized carbons (Fsp3) is 0.290. The van der Waals surface area contributed by atoms with Crippen molar-refractivity contribution in [2.24, 2.45) is 7.05 Å². The molecule has 0 aliphatic rings. The van der Waals surface area contributed by atoms with Crippen LogP contribution in [0.4, 0.5) is 23.0 Å². The van der Waals surface area contributed by atoms with Crippen molar-refractivity contribution in [3.63, 3.8) is 0 Å². The number of anilines is 4. The molecular formula is C31H43N7O. The minimum Gasteiger partial charge on any atom is -0.494 e. The number of aryl methyl sites for hydroxylation is 1. The minimum atomic E-state index is 0.476. The monoisotopic (exact) mass is 529 g/mol. The van der Waals surface area contributed by atoms with Crippen molar-refractivity contribution in [1.82, 2.24) is 19.9 Å². The summed E-state index contributed by atoms with van der Waals surface area (Å²) in [6, 6.07) is 14.0. The molecule has 0 aliphatic carbocycles. The summed E-state index contributed by atoms with van der Waals surface area (Å²) in [5.41, 5.74) is 11.7. The van der Waals surface area contributed by atoms with Gasteiger partial charge in [-0.15, -0.1) is 0 Å². The van der Waals surface area contributed by atoms with Gasteiger partial charge in [0.25, 0.3) is 0 Å². The first-order valence-corrected chi connectivity index (χ1v) is 13.1. The van der Waals surface area contributed by atoms with Gasteiger partial charge in [-0.05, 0) is 25.2 Å². The van der Waals surface area contributed by atoms with Crippen molar-refractivity contribution >= 4 is 33.9 Å². The van der Waals surface area contributed by atoms with E-state index in [9.17, 15) is 0 Å². The van der Waals surface area contributed by atoms with Gasteiger partial charge in [0.15, 0.2) is 0 Å². The molecule has 0 aliphatic heterocycles. The summed E-state index contributed by atoms with van der Waals surface area (Å²) in [4.78, 5) is 11.3. The standard InChI is InChI=1S/C24H29N7O.C4H6.C3H8/c1-26-11-12-30(2)22-14-23(32-4)20(13-18(22)25)29-24-27-10-9-19(28-24)17-15-31(3)21-8-6-5-7-16(17)21;1-3-4-2;1-3-2/h5-10,13-15,26H,11-12,25H2,1-4H3,(H,27,28,29);3-4H,1-2H2;3H2,1-2H3. The fourth-order valence-corrected chi connectivity index (χ4v) is 3.82. The Balaban J connectivity index is 0.000000686. The van der Waals surface area contributed by atoms with Gasteiger partial charge >= 0.3 is 0 Å². The van der Waals surface area contributed by atoms with E-state index >= 15 is 0 Å². The first-order chi connectivity index (χ1) is 18.8. The predicted molar refractivity (Wildman–Crippen MR) is 168 cm³/mol. The summed E-state index contributed by atoms with van der Waals surface area (Å²) in [5, 5.41) is 7.57. The summed E-state index contributed by atoms with van der Waals surface area (Å²) in [6.45, 7) is 12.7. The van der Waals surface area contributed by atoms with Crippen LogP contribution in [-0.4, -0.2) is 48.8 Å². The number of nitrogens with two attached hydrogens (primary N) is 1. The van der Waals surface area contributed by atoms with Crippen LogP contribution >= 0.6 is 0 Å². The Hall–Kier alpha value is -4.30. The summed E-state index contributed by atoms with van der Waals surface area (Å²) >= 11 is 0. The molecule has 0 radical (unpaired) electrons. The molecule has 0 saturated heterocycles. The van der Waals surface area contributed by atoms with Crippen LogP contribution in [0.25, 0.3) is 22.2 Å². The zero-order valence-corrected chi connectivity index (χ0v) is 24.2. The molecular weight excluding hydrogens is 486 g/mol. The third-order valence-corrected chi connectivity index (χ3v) is 5.70. The highest BCUT2D eigenvalue weighted by molar-refractivity contribution is 5.95. The van der Waals surface area contributed by atoms with Crippen LogP contribution in [0.5, 0.6) is 5.75 Å². The van der Waals surface area contributed by atoms with Crippen molar-refractivity contribution in [2.45, 2.75) is 20.3 Å². The summed E-state index contributed by atoms with van der Waals surface area (Å²) in [7, 11) is 7.61. The molecule has 4 aromatic rings. The van der Waals surface area contributed by atoms with E-state index in [2.05, 4.69) is 70.4 Å². The number of hydrogen-bond donors (Lipinski definition) is 3. The second-order valence-corrected chi connectivity index (χ2v) is 8.88. The molecule has 0 saturated carbocycles. The Bertz CT molecular complexity index is 1340. The molecule has 2 aromatic heterocycles. The molecule has 0 bridgehead atoms. The van der Waals surface area contributed by atoms with Gasteiger partial charge in [-0.2, -0.15) is 0 Å². The molecule has 2 heterocycles. The normalized spacial score (nSPS) is 10.0. The number of ether oxygens (including phenoxy) is 1. The Morgan fingerprint density at radius 1 is 1.13 bits per heavy atom. The van der Waals surface area contributed by atoms with Crippen molar-refractivity contribution in [3.8, 4) is 17.0 Å². The summed E-state index contributed by atoms with van der Waals surface area (Å²) in [6.07, 6.45) is 8.37. The van der Waals surface area contributed by atoms with Crippen LogP contribution in [0.3, 0.4) is 0 Å². The highest BCUT2D eigenvalue weighted by Gasteiger charge is 2.14. The van der Waals surface area contributed by atoms with Gasteiger partial charge in [-0.1, -0.05) is 63.8 Å². The van der Waals surface area contributed by atoms with Gasteiger partial charge < -0.3 is 30.6 Å². The van der Waals surface area contributed by atoms with E-state index in [0.29, 0.717) is 23.1 Å². The Morgan fingerprint density at radius 2 is 1.82 bits per heavy atom. The topological polar surface area (TPSA) is 93.3 Å². The first kappa shape index (κ1) is 30.9. The first-order valence-electron chi connectivity index (χ1n) is 13.1. The molecule has 0 spiro atoms. The Labute approximate surface area is 233 Å². The van der Waals surface area contributed by atoms with E-state index in [0.717, 1.165) is 40.9 Å². The number of nitrogens with one attached hydrogen (secondary N) is 2. The molecule has 0 atom stereocenters. The van der Waals surface area contributed by atoms with Crippen LogP contribution in [0.1, 0.15) is 20.3 Å². The lowest BCUT2D eigenvalue weighted by Crippen LogP contribution is -2.27. The van der Waals surface area contributed by atoms with Crippen molar-refractivity contribution in [1.29, 1.82) is 0 Å². The number of fused-ring (bicyclic) bond motifs is 1. The third-order valence-electron chi connectivity index (χ3n) is 5.70. The Kier molecular flexibility index (Phi) is 12.6. The number of allylic oxidation sites excluding steroid dienone is 2. The van der Waals surface area contributed by atoms with Crippen molar-refractivity contribution in [2.75, 3.05) is 50.2 Å². The number of nitrogen functional groups attached to an aromatic ring is 1. The lowest BCUT2D eigenvalue weighted by Gasteiger charge is -2.23. The van der Waals surface area contributed by atoms with Crippen LogP contribution in [0.2, 0.25) is 0 Å². The van der Waals surface area contributed by atoms with Crippen LogP contribution in [0.15, 0.2) is 80.2 Å². The fourth-order valence-electron chi connectivity index (χ4n) is 3.82. The number of para-hydroxylation sites is 1. The number of aromatic nitrogens is 3. The lowest BCUT2D eigenvalue weighted by molar-refractivity contribution is 0.417. The molecule has 39 heavy (non-hydrogen) atoms. The van der Waals surface area contributed by atoms with Gasteiger partial charge in [0.1, 0.15) is 5.75 Å². The van der Waals surface area contributed by atoms with Gasteiger partial charge in [0.05, 0.1) is 29.9 Å². The number of nitrogens with zero attached hydrogens (tertiary/aromatic N) is 4. The highest BCUT2D eigenvalue weighted by atomic mass is 16.5. The molecule has 0 fully saturated rings. The maximum Gasteiger partial charge on any atom is 0.227 e. The molecule has 0 unspecified atom stereocenters. The third kappa shape index (κ3) is 8.35. The van der Waals surface area contributed by atoms with Crippen LogP contribution < -0.4 is 26.0 Å². The Morgan fingerprint density at radius 3 is 2.46 bits per heavy atom. The van der Waals surface area contributed by atoms with Gasteiger partial charge in [0, 0.05) is 62.1 Å². The molecule has 0 amide bonds. The number of rotatable bonds is 9. The van der Waals surface area contributed by atoms with Crippen molar-refractivity contribution < 1.29 is 4.74 Å². The highest BCUT2D eigenvalue weighted by Crippen LogP contribution is 2.36. The van der Waals surface area contributed by atoms with E-state index in [1.807, 2.05) is 51.5 Å². The largest absolute Gasteiger partial charge is 0.494 e. The molecule has 208 valence electrons. The molecule has 4 N–H and O–H groups in total. The quantitative estimate of drug-likeness (QED) is 0.171. The average molecular weight is 530 g/mol. The van der Waals surface area contributed by atoms with E-state index < -0.39 is 0 Å². The predicted octanol–water partition coefficient (Wildman–Crippen LogP) is 6.40. The van der Waals surface area contributed by atoms with Crippen molar-refractivity contribution in [3.05, 3.63) is 80.2 Å². The maximum atomic E-state index is 6.36. The van der Waals surface area contributed by atoms with Crippen LogP contribution in [0, 0.1) is 0 Å². The zero-order chi connectivity index (χ0) is 28.8. The van der Waals surface area contributed by atoms with E-state index in [1.165, 1.54) is 6.42 Å². The number of likely N-dealkylation sites (N-methyl/N-ethyl adjacent to an activating group) is 2. The lowest BCUT2D eigenvalue weighted by atomic mass is 10.1. The van der Waals surface area contributed by atoms with Gasteiger partial charge in [-0.25, -0.2) is 9.97 Å². The number of benzene rings is 2. The van der Waals surface area contributed by atoms with Gasteiger partial charge in [0.2, 0.25) is 5.95 Å². The number of hydrogen-bond acceptors (Lipinski definition) is 7. The van der Waals surface area contributed by atoms with Gasteiger partial charge in [-0.3, -0.25) is 0 Å². The SMILES string of the molecule is C=CC=C.CCC.CNCCN(C)c1cc(OC)c(Nc2nccc(-c3cn(C)c4ccccc34)n2)cc1N. The number of methoxy groups -OCH3 is 1. The molecule has 4 rings (SSSR count). The molecule has 8 nitrogen and oxygen atoms in total. The average Bonchev–Trinajstić information content (AvgIpc) is 3.29. The second-order valence-electron chi connectivity index (χ2n) is 8.88. The smallest absolute Gasteiger partial charge is 0.227 e. The summed E-state index contributed by atoms with van der Waals surface area (Å²) < 4.78 is 7.73. The van der Waals surface area contributed by atoms with E-state index in [1.54, 1.807) is 25.5 Å². The van der Waals surface area contributed by atoms with Crippen LogP contribution in [-0.2, 0) is 7.05 Å². The minimum absolute atomic E-state index is 0.476. The maximum absolute atomic E-state index is 6.36. The second kappa shape index (κ2) is 15.8. The summed E-state index contributed by atoms with van der Waals surface area (Å²) in [5.74, 6) is 1.15. The van der Waals surface area contributed by atoms with E-state index in [4.69, 9.17) is 15.5 Å².